The Morgan fingerprint density at radius 2 is 2.17 bits per heavy atom. The zero-order valence-electron chi connectivity index (χ0n) is 14.1. The molecular weight excluding hydrogens is 296 g/mol. The van der Waals surface area contributed by atoms with E-state index in [1.165, 1.54) is 4.90 Å². The van der Waals surface area contributed by atoms with Crippen molar-refractivity contribution >= 4 is 12.0 Å². The van der Waals surface area contributed by atoms with Gasteiger partial charge in [0.25, 0.3) is 0 Å². The number of rotatable bonds is 3. The van der Waals surface area contributed by atoms with Gasteiger partial charge in [0.15, 0.2) is 0 Å². The summed E-state index contributed by atoms with van der Waals surface area (Å²) in [5.41, 5.74) is 0.173. The van der Waals surface area contributed by atoms with Crippen LogP contribution in [0.1, 0.15) is 45.1 Å². The predicted octanol–water partition coefficient (Wildman–Crippen LogP) is 1.80. The van der Waals surface area contributed by atoms with Crippen LogP contribution in [0, 0.1) is 6.92 Å². The molecule has 0 aromatic carbocycles. The molecule has 2 amide bonds. The fourth-order valence-electron chi connectivity index (χ4n) is 2.48. The van der Waals surface area contributed by atoms with E-state index in [9.17, 15) is 9.59 Å². The lowest BCUT2D eigenvalue weighted by atomic mass is 10.2. The van der Waals surface area contributed by atoms with Crippen molar-refractivity contribution in [2.75, 3.05) is 6.54 Å². The number of nitrogens with zero attached hydrogens (tertiary/aromatic N) is 3. The van der Waals surface area contributed by atoms with Gasteiger partial charge in [-0.25, -0.2) is 14.8 Å². The van der Waals surface area contributed by atoms with E-state index in [4.69, 9.17) is 4.74 Å². The number of hydrogen-bond donors (Lipinski definition) is 1. The summed E-state index contributed by atoms with van der Waals surface area (Å²) in [6.45, 7) is 8.10. The molecule has 1 fully saturated rings. The monoisotopic (exact) mass is 320 g/mol. The van der Waals surface area contributed by atoms with Crippen LogP contribution in [0.3, 0.4) is 0 Å². The molecule has 1 aliphatic rings. The van der Waals surface area contributed by atoms with Crippen molar-refractivity contribution in [3.8, 4) is 0 Å². The van der Waals surface area contributed by atoms with E-state index in [2.05, 4.69) is 15.3 Å². The van der Waals surface area contributed by atoms with Gasteiger partial charge in [0.05, 0.1) is 12.2 Å². The first kappa shape index (κ1) is 17.2. The van der Waals surface area contributed by atoms with E-state index in [1.807, 2.05) is 20.8 Å². The molecule has 1 N–H and O–H groups in total. The Morgan fingerprint density at radius 1 is 1.43 bits per heavy atom. The normalized spacial score (nSPS) is 17.9. The van der Waals surface area contributed by atoms with Gasteiger partial charge in [0.1, 0.15) is 17.5 Å². The molecule has 1 atom stereocenters. The second kappa shape index (κ2) is 6.93. The van der Waals surface area contributed by atoms with E-state index < -0.39 is 17.7 Å². The number of aryl methyl sites for hydroxylation is 1. The summed E-state index contributed by atoms with van der Waals surface area (Å²) in [6.07, 6.45) is 2.66. The minimum Gasteiger partial charge on any atom is -0.444 e. The molecule has 0 aliphatic carbocycles. The molecule has 23 heavy (non-hydrogen) atoms. The summed E-state index contributed by atoms with van der Waals surface area (Å²) >= 11 is 0. The number of aromatic nitrogens is 2. The van der Waals surface area contributed by atoms with E-state index in [0.717, 1.165) is 12.1 Å². The van der Waals surface area contributed by atoms with Gasteiger partial charge in [0.2, 0.25) is 5.91 Å². The predicted molar refractivity (Wildman–Crippen MR) is 84.6 cm³/mol. The highest BCUT2D eigenvalue weighted by molar-refractivity contribution is 5.86. The van der Waals surface area contributed by atoms with Crippen LogP contribution >= 0.6 is 0 Å². The van der Waals surface area contributed by atoms with Crippen molar-refractivity contribution in [3.05, 3.63) is 23.8 Å². The van der Waals surface area contributed by atoms with Gasteiger partial charge >= 0.3 is 6.09 Å². The van der Waals surface area contributed by atoms with Crippen molar-refractivity contribution in [2.45, 2.75) is 58.7 Å². The Kier molecular flexibility index (Phi) is 5.18. The first-order valence-corrected chi connectivity index (χ1v) is 7.82. The smallest absolute Gasteiger partial charge is 0.410 e. The molecule has 0 bridgehead atoms. The van der Waals surface area contributed by atoms with Crippen LogP contribution in [0.25, 0.3) is 0 Å². The third kappa shape index (κ3) is 4.91. The van der Waals surface area contributed by atoms with Crippen molar-refractivity contribution in [1.82, 2.24) is 20.2 Å². The third-order valence-corrected chi connectivity index (χ3v) is 3.46. The van der Waals surface area contributed by atoms with Gasteiger partial charge in [0, 0.05) is 12.7 Å². The number of nitrogens with one attached hydrogen (secondary N) is 1. The molecule has 0 spiro atoms. The minimum absolute atomic E-state index is 0.176. The molecule has 7 heteroatoms. The molecule has 1 aromatic heterocycles. The SMILES string of the molecule is Cc1nccc(CNC(=O)C2CCCN2C(=O)OC(C)(C)C)n1. The number of ether oxygens (including phenoxy) is 1. The van der Waals surface area contributed by atoms with Gasteiger partial charge in [-0.2, -0.15) is 0 Å². The average Bonchev–Trinajstić information content (AvgIpc) is 2.92. The number of carbonyl (C=O) groups excluding carboxylic acids is 2. The van der Waals surface area contributed by atoms with Crippen molar-refractivity contribution in [3.63, 3.8) is 0 Å². The summed E-state index contributed by atoms with van der Waals surface area (Å²) < 4.78 is 5.37. The molecule has 2 heterocycles. The lowest BCUT2D eigenvalue weighted by Gasteiger charge is -2.28. The molecule has 1 unspecified atom stereocenters. The molecule has 1 aromatic rings. The Balaban J connectivity index is 1.94. The topological polar surface area (TPSA) is 84.4 Å². The molecule has 2 rings (SSSR count). The highest BCUT2D eigenvalue weighted by Gasteiger charge is 2.36. The number of likely N-dealkylation sites (tertiary alicyclic amines) is 1. The zero-order valence-corrected chi connectivity index (χ0v) is 14.1. The first-order chi connectivity index (χ1) is 10.8. The lowest BCUT2D eigenvalue weighted by Crippen LogP contribution is -2.47. The molecule has 7 nitrogen and oxygen atoms in total. The van der Waals surface area contributed by atoms with Crippen LogP contribution in [0.4, 0.5) is 4.79 Å². The van der Waals surface area contributed by atoms with Crippen molar-refractivity contribution in [2.24, 2.45) is 0 Å². The fraction of sp³-hybridized carbons (Fsp3) is 0.625. The standard InChI is InChI=1S/C16H24N4O3/c1-11-17-8-7-12(19-11)10-18-14(21)13-6-5-9-20(13)15(22)23-16(2,3)4/h7-8,13H,5-6,9-10H2,1-4H3,(H,18,21). The van der Waals surface area contributed by atoms with Crippen molar-refractivity contribution < 1.29 is 14.3 Å². The lowest BCUT2D eigenvalue weighted by molar-refractivity contribution is -0.125. The Morgan fingerprint density at radius 3 is 2.83 bits per heavy atom. The molecule has 126 valence electrons. The van der Waals surface area contributed by atoms with Crippen LogP contribution in [0.5, 0.6) is 0 Å². The summed E-state index contributed by atoms with van der Waals surface area (Å²) in [7, 11) is 0. The average molecular weight is 320 g/mol. The highest BCUT2D eigenvalue weighted by Crippen LogP contribution is 2.21. The number of carbonyl (C=O) groups is 2. The Bertz CT molecular complexity index is 583. The first-order valence-electron chi connectivity index (χ1n) is 7.82. The van der Waals surface area contributed by atoms with Gasteiger partial charge in [-0.3, -0.25) is 9.69 Å². The zero-order chi connectivity index (χ0) is 17.0. The summed E-state index contributed by atoms with van der Waals surface area (Å²) in [5, 5.41) is 2.84. The fourth-order valence-corrected chi connectivity index (χ4v) is 2.48. The second-order valence-corrected chi connectivity index (χ2v) is 6.64. The van der Waals surface area contributed by atoms with Crippen LogP contribution in [0.15, 0.2) is 12.3 Å². The molecule has 1 saturated heterocycles. The molecule has 0 saturated carbocycles. The van der Waals surface area contributed by atoms with E-state index in [1.54, 1.807) is 19.2 Å². The largest absolute Gasteiger partial charge is 0.444 e. The Labute approximate surface area is 136 Å². The summed E-state index contributed by atoms with van der Waals surface area (Å²) in [6, 6.07) is 1.28. The molecule has 1 aliphatic heterocycles. The van der Waals surface area contributed by atoms with E-state index in [0.29, 0.717) is 25.3 Å². The maximum atomic E-state index is 12.4. The van der Waals surface area contributed by atoms with Gasteiger partial charge in [-0.15, -0.1) is 0 Å². The van der Waals surface area contributed by atoms with E-state index in [-0.39, 0.29) is 5.91 Å². The summed E-state index contributed by atoms with van der Waals surface area (Å²) in [4.78, 5) is 34.3. The molecule has 0 radical (unpaired) electrons. The van der Waals surface area contributed by atoms with Crippen molar-refractivity contribution in [1.29, 1.82) is 0 Å². The number of hydrogen-bond acceptors (Lipinski definition) is 5. The molecular formula is C16H24N4O3. The quantitative estimate of drug-likeness (QED) is 0.918. The van der Waals surface area contributed by atoms with Crippen LogP contribution in [-0.4, -0.2) is 45.1 Å². The van der Waals surface area contributed by atoms with Crippen LogP contribution in [-0.2, 0) is 16.1 Å². The summed E-state index contributed by atoms with van der Waals surface area (Å²) in [5.74, 6) is 0.484. The third-order valence-electron chi connectivity index (χ3n) is 3.46. The van der Waals surface area contributed by atoms with E-state index >= 15 is 0 Å². The highest BCUT2D eigenvalue weighted by atomic mass is 16.6. The maximum absolute atomic E-state index is 12.4. The van der Waals surface area contributed by atoms with Gasteiger partial charge in [-0.05, 0) is 46.6 Å². The van der Waals surface area contributed by atoms with Gasteiger partial charge < -0.3 is 10.1 Å². The Hall–Kier alpha value is -2.18. The number of amides is 2. The second-order valence-electron chi connectivity index (χ2n) is 6.64. The van der Waals surface area contributed by atoms with Crippen LogP contribution in [0.2, 0.25) is 0 Å². The van der Waals surface area contributed by atoms with Crippen LogP contribution < -0.4 is 5.32 Å². The minimum atomic E-state index is -0.570. The van der Waals surface area contributed by atoms with Gasteiger partial charge in [-0.1, -0.05) is 0 Å². The maximum Gasteiger partial charge on any atom is 0.410 e.